The summed E-state index contributed by atoms with van der Waals surface area (Å²) >= 11 is 0. The van der Waals surface area contributed by atoms with Gasteiger partial charge in [-0.2, -0.15) is 0 Å². The molecule has 0 rings (SSSR count). The SMILES string of the molecule is C=C(C/C=C\C(=CC(C)C(CCCC)CCC(C)(C)C)N(CC)CCN(C)CCC)NCCC(CC)OC. The predicted octanol–water partition coefficient (Wildman–Crippen LogP) is 8.67. The summed E-state index contributed by atoms with van der Waals surface area (Å²) in [6, 6.07) is 0. The number of hydrogen-bond acceptors (Lipinski definition) is 4. The Morgan fingerprint density at radius 2 is 1.71 bits per heavy atom. The minimum Gasteiger partial charge on any atom is -0.388 e. The molecule has 3 unspecified atom stereocenters. The summed E-state index contributed by atoms with van der Waals surface area (Å²) in [5.41, 5.74) is 2.85. The molecule has 0 aliphatic heterocycles. The van der Waals surface area contributed by atoms with Crippen LogP contribution in [0.2, 0.25) is 0 Å². The summed E-state index contributed by atoms with van der Waals surface area (Å²) < 4.78 is 5.50. The maximum Gasteiger partial charge on any atom is 0.0585 e. The first kappa shape index (κ1) is 36.7. The zero-order chi connectivity index (χ0) is 29.0. The van der Waals surface area contributed by atoms with Crippen LogP contribution in [0.1, 0.15) is 113 Å². The van der Waals surface area contributed by atoms with Crippen molar-refractivity contribution < 1.29 is 4.74 Å². The first-order valence-corrected chi connectivity index (χ1v) is 15.8. The van der Waals surface area contributed by atoms with Gasteiger partial charge in [-0.25, -0.2) is 0 Å². The summed E-state index contributed by atoms with van der Waals surface area (Å²) in [7, 11) is 4.05. The zero-order valence-electron chi connectivity index (χ0n) is 27.4. The highest BCUT2D eigenvalue weighted by molar-refractivity contribution is 5.20. The standard InChI is InChI=1S/C34H67N3O/c1-12-16-19-31(21-23-34(7,8)9)29(5)28-32(37(15-4)27-26-36(10)25-13-2)20-17-18-30(6)35-24-22-33(14-3)38-11/h17,20,28-29,31,33,35H,6,12-16,18-19,21-27H2,1-5,7-11H3/b20-17-,32-28?. The van der Waals surface area contributed by atoms with Crippen LogP contribution in [-0.2, 0) is 4.74 Å². The van der Waals surface area contributed by atoms with Crippen LogP contribution in [-0.4, -0.2) is 62.8 Å². The van der Waals surface area contributed by atoms with E-state index in [9.17, 15) is 0 Å². The highest BCUT2D eigenvalue weighted by Gasteiger charge is 2.20. The van der Waals surface area contributed by atoms with Crippen molar-refractivity contribution in [2.75, 3.05) is 46.9 Å². The second-order valence-electron chi connectivity index (χ2n) is 12.5. The molecule has 0 aromatic rings. The molecule has 0 saturated heterocycles. The minimum absolute atomic E-state index is 0.324. The molecule has 0 saturated carbocycles. The fourth-order valence-corrected chi connectivity index (χ4v) is 4.97. The number of ether oxygens (including phenoxy) is 1. The summed E-state index contributed by atoms with van der Waals surface area (Å²) in [5, 5.41) is 3.50. The Hall–Kier alpha value is -1.26. The molecule has 0 spiro atoms. The Kier molecular flexibility index (Phi) is 20.8. The Bertz CT molecular complexity index is 645. The molecule has 0 amide bonds. The van der Waals surface area contributed by atoms with Crippen LogP contribution < -0.4 is 5.32 Å². The van der Waals surface area contributed by atoms with Gasteiger partial charge in [0, 0.05) is 51.1 Å². The number of methoxy groups -OCH3 is 1. The van der Waals surface area contributed by atoms with E-state index in [4.69, 9.17) is 4.74 Å². The maximum absolute atomic E-state index is 5.50. The molecule has 1 N–H and O–H groups in total. The van der Waals surface area contributed by atoms with Crippen molar-refractivity contribution in [1.29, 1.82) is 0 Å². The van der Waals surface area contributed by atoms with Crippen molar-refractivity contribution in [3.63, 3.8) is 0 Å². The molecule has 0 aliphatic rings. The molecule has 4 nitrogen and oxygen atoms in total. The number of nitrogens with zero attached hydrogens (tertiary/aromatic N) is 2. The second-order valence-corrected chi connectivity index (χ2v) is 12.5. The van der Waals surface area contributed by atoms with Crippen LogP contribution in [0.25, 0.3) is 0 Å². The molecule has 0 aromatic carbocycles. The highest BCUT2D eigenvalue weighted by Crippen LogP contribution is 2.31. The first-order valence-electron chi connectivity index (χ1n) is 15.8. The quantitative estimate of drug-likeness (QED) is 0.133. The topological polar surface area (TPSA) is 27.7 Å². The predicted molar refractivity (Wildman–Crippen MR) is 171 cm³/mol. The van der Waals surface area contributed by atoms with Gasteiger partial charge in [0.2, 0.25) is 0 Å². The molecular weight excluding hydrogens is 466 g/mol. The average molecular weight is 534 g/mol. The Balaban J connectivity index is 5.60. The van der Waals surface area contributed by atoms with Gasteiger partial charge < -0.3 is 19.9 Å². The molecule has 0 bridgehead atoms. The van der Waals surface area contributed by atoms with Crippen LogP contribution in [0.4, 0.5) is 0 Å². The van der Waals surface area contributed by atoms with Gasteiger partial charge in [0.15, 0.2) is 0 Å². The lowest BCUT2D eigenvalue weighted by atomic mass is 9.79. The third-order valence-electron chi connectivity index (χ3n) is 7.76. The number of unbranched alkanes of at least 4 members (excludes halogenated alkanes) is 1. The van der Waals surface area contributed by atoms with E-state index in [2.05, 4.69) is 102 Å². The van der Waals surface area contributed by atoms with Crippen LogP contribution in [0, 0.1) is 17.3 Å². The van der Waals surface area contributed by atoms with Gasteiger partial charge >= 0.3 is 0 Å². The van der Waals surface area contributed by atoms with E-state index in [-0.39, 0.29) is 0 Å². The number of allylic oxidation sites excluding steroid dienone is 3. The molecule has 0 aliphatic carbocycles. The van der Waals surface area contributed by atoms with Crippen molar-refractivity contribution in [1.82, 2.24) is 15.1 Å². The molecule has 224 valence electrons. The monoisotopic (exact) mass is 534 g/mol. The summed E-state index contributed by atoms with van der Waals surface area (Å²) in [5.74, 6) is 1.30. The van der Waals surface area contributed by atoms with Crippen molar-refractivity contribution >= 4 is 0 Å². The Morgan fingerprint density at radius 3 is 2.26 bits per heavy atom. The lowest BCUT2D eigenvalue weighted by molar-refractivity contribution is 0.0927. The van der Waals surface area contributed by atoms with Gasteiger partial charge in [-0.05, 0) is 82.4 Å². The van der Waals surface area contributed by atoms with Crippen LogP contribution in [0.5, 0.6) is 0 Å². The van der Waals surface area contributed by atoms with Gasteiger partial charge in [-0.1, -0.05) is 80.0 Å². The number of hydrogen-bond donors (Lipinski definition) is 1. The largest absolute Gasteiger partial charge is 0.388 e. The number of likely N-dealkylation sites (N-methyl/N-ethyl adjacent to an activating group) is 2. The van der Waals surface area contributed by atoms with E-state index in [0.717, 1.165) is 63.6 Å². The van der Waals surface area contributed by atoms with Gasteiger partial charge in [0.25, 0.3) is 0 Å². The van der Waals surface area contributed by atoms with E-state index in [1.165, 1.54) is 44.2 Å². The third-order valence-corrected chi connectivity index (χ3v) is 7.76. The molecule has 0 heterocycles. The summed E-state index contributed by atoms with van der Waals surface area (Å²) in [6.45, 7) is 28.2. The average Bonchev–Trinajstić information content (AvgIpc) is 2.86. The van der Waals surface area contributed by atoms with E-state index in [1.807, 2.05) is 0 Å². The van der Waals surface area contributed by atoms with Crippen molar-refractivity contribution in [2.24, 2.45) is 17.3 Å². The smallest absolute Gasteiger partial charge is 0.0585 e. The van der Waals surface area contributed by atoms with Gasteiger partial charge in [-0.3, -0.25) is 0 Å². The summed E-state index contributed by atoms with van der Waals surface area (Å²) in [4.78, 5) is 5.02. The van der Waals surface area contributed by atoms with E-state index in [1.54, 1.807) is 7.11 Å². The normalized spacial score (nSPS) is 15.2. The number of rotatable bonds is 23. The fraction of sp³-hybridized carbons (Fsp3) is 0.824. The van der Waals surface area contributed by atoms with Crippen LogP contribution in [0.3, 0.4) is 0 Å². The maximum atomic E-state index is 5.50. The van der Waals surface area contributed by atoms with Crippen LogP contribution in [0.15, 0.2) is 36.2 Å². The molecular formula is C34H67N3O. The minimum atomic E-state index is 0.324. The van der Waals surface area contributed by atoms with E-state index in [0.29, 0.717) is 17.4 Å². The third kappa shape index (κ3) is 18.1. The van der Waals surface area contributed by atoms with E-state index < -0.39 is 0 Å². The van der Waals surface area contributed by atoms with Crippen molar-refractivity contribution in [2.45, 2.75) is 119 Å². The lowest BCUT2D eigenvalue weighted by Crippen LogP contribution is -2.33. The molecule has 38 heavy (non-hydrogen) atoms. The summed E-state index contributed by atoms with van der Waals surface area (Å²) in [6.07, 6.45) is 18.2. The van der Waals surface area contributed by atoms with Crippen molar-refractivity contribution in [3.05, 3.63) is 36.2 Å². The van der Waals surface area contributed by atoms with Gasteiger partial charge in [-0.15, -0.1) is 0 Å². The zero-order valence-corrected chi connectivity index (χ0v) is 27.4. The van der Waals surface area contributed by atoms with Crippen LogP contribution >= 0.6 is 0 Å². The van der Waals surface area contributed by atoms with E-state index >= 15 is 0 Å². The molecule has 3 atom stereocenters. The lowest BCUT2D eigenvalue weighted by Gasteiger charge is -2.30. The Morgan fingerprint density at radius 1 is 1.00 bits per heavy atom. The fourth-order valence-electron chi connectivity index (χ4n) is 4.97. The van der Waals surface area contributed by atoms with Gasteiger partial charge in [0.1, 0.15) is 0 Å². The van der Waals surface area contributed by atoms with Gasteiger partial charge in [0.05, 0.1) is 6.10 Å². The molecule has 4 heteroatoms. The second kappa shape index (κ2) is 21.5. The molecule has 0 radical (unpaired) electrons. The van der Waals surface area contributed by atoms with Crippen molar-refractivity contribution in [3.8, 4) is 0 Å². The molecule has 0 aromatic heterocycles. The Labute approximate surface area is 239 Å². The molecule has 0 fully saturated rings. The highest BCUT2D eigenvalue weighted by atomic mass is 16.5. The number of nitrogens with one attached hydrogen (secondary N) is 1. The first-order chi connectivity index (χ1) is 18.0.